The zero-order valence-corrected chi connectivity index (χ0v) is 14.2. The van der Waals surface area contributed by atoms with E-state index < -0.39 is 4.92 Å². The average Bonchev–Trinajstić information content (AvgIpc) is 2.65. The molecule has 6 nitrogen and oxygen atoms in total. The fourth-order valence-corrected chi connectivity index (χ4v) is 3.40. The molecule has 0 spiro atoms. The van der Waals surface area contributed by atoms with Crippen LogP contribution in [-0.2, 0) is 12.8 Å². The molecule has 0 aliphatic heterocycles. The summed E-state index contributed by atoms with van der Waals surface area (Å²) in [5, 5.41) is 10.8. The van der Waals surface area contributed by atoms with Crippen LogP contribution in [0.3, 0.4) is 0 Å². The maximum atomic E-state index is 12.9. The summed E-state index contributed by atoms with van der Waals surface area (Å²) in [4.78, 5) is 29.1. The molecular weight excluding hydrogens is 318 g/mol. The van der Waals surface area contributed by atoms with Crippen molar-refractivity contribution in [2.24, 2.45) is 0 Å². The van der Waals surface area contributed by atoms with Crippen LogP contribution >= 0.6 is 0 Å². The molecule has 2 aromatic rings. The summed E-state index contributed by atoms with van der Waals surface area (Å²) >= 11 is 0. The van der Waals surface area contributed by atoms with Gasteiger partial charge >= 0.3 is 0 Å². The zero-order chi connectivity index (χ0) is 17.8. The quantitative estimate of drug-likeness (QED) is 0.618. The molecule has 3 rings (SSSR count). The zero-order valence-electron chi connectivity index (χ0n) is 14.2. The van der Waals surface area contributed by atoms with Crippen molar-refractivity contribution in [3.8, 4) is 0 Å². The molecule has 6 heteroatoms. The van der Waals surface area contributed by atoms with E-state index in [4.69, 9.17) is 0 Å². The van der Waals surface area contributed by atoms with Gasteiger partial charge in [-0.05, 0) is 42.9 Å². The van der Waals surface area contributed by atoms with Crippen molar-refractivity contribution < 1.29 is 9.72 Å². The number of benzene rings is 1. The van der Waals surface area contributed by atoms with Gasteiger partial charge in [-0.15, -0.1) is 0 Å². The van der Waals surface area contributed by atoms with Crippen molar-refractivity contribution in [2.75, 3.05) is 6.54 Å². The van der Waals surface area contributed by atoms with E-state index >= 15 is 0 Å². The van der Waals surface area contributed by atoms with Crippen LogP contribution < -0.4 is 0 Å². The lowest BCUT2D eigenvalue weighted by Crippen LogP contribution is -2.44. The monoisotopic (exact) mass is 339 g/mol. The second kappa shape index (κ2) is 7.42. The maximum Gasteiger partial charge on any atom is 0.287 e. The number of carbonyl (C=O) groups excluding carboxylic acids is 1. The fraction of sp³-hybridized carbons (Fsp3) is 0.368. The van der Waals surface area contributed by atoms with E-state index in [1.54, 1.807) is 0 Å². The van der Waals surface area contributed by atoms with E-state index in [-0.39, 0.29) is 23.3 Å². The van der Waals surface area contributed by atoms with Gasteiger partial charge in [-0.1, -0.05) is 31.2 Å². The summed E-state index contributed by atoms with van der Waals surface area (Å²) in [7, 11) is 0. The number of nitro groups is 1. The molecule has 0 fully saturated rings. The van der Waals surface area contributed by atoms with Crippen molar-refractivity contribution >= 4 is 11.6 Å². The highest BCUT2D eigenvalue weighted by atomic mass is 16.6. The van der Waals surface area contributed by atoms with E-state index in [1.807, 2.05) is 17.9 Å². The van der Waals surface area contributed by atoms with E-state index in [0.717, 1.165) is 31.9 Å². The van der Waals surface area contributed by atoms with Gasteiger partial charge < -0.3 is 4.90 Å². The third kappa shape index (κ3) is 3.68. The van der Waals surface area contributed by atoms with Gasteiger partial charge in [-0.3, -0.25) is 14.9 Å². The first-order valence-corrected chi connectivity index (χ1v) is 8.58. The van der Waals surface area contributed by atoms with Crippen molar-refractivity contribution in [2.45, 2.75) is 38.6 Å². The molecule has 0 saturated heterocycles. The summed E-state index contributed by atoms with van der Waals surface area (Å²) in [6.07, 6.45) is 4.73. The lowest BCUT2D eigenvalue weighted by molar-refractivity contribution is -0.385. The lowest BCUT2D eigenvalue weighted by atomic mass is 9.87. The second-order valence-electron chi connectivity index (χ2n) is 6.32. The molecule has 1 aliphatic carbocycles. The molecule has 25 heavy (non-hydrogen) atoms. The van der Waals surface area contributed by atoms with Gasteiger partial charge in [0.25, 0.3) is 11.6 Å². The first kappa shape index (κ1) is 17.1. The Labute approximate surface area is 146 Å². The number of amides is 1. The smallest absolute Gasteiger partial charge is 0.287 e. The first-order chi connectivity index (χ1) is 12.1. The summed E-state index contributed by atoms with van der Waals surface area (Å²) in [5.74, 6) is -0.152. The first-order valence-electron chi connectivity index (χ1n) is 8.58. The molecule has 1 amide bonds. The molecule has 130 valence electrons. The Balaban J connectivity index is 1.81. The van der Waals surface area contributed by atoms with Crippen molar-refractivity contribution in [1.29, 1.82) is 0 Å². The number of hydrogen-bond donors (Lipinski definition) is 0. The summed E-state index contributed by atoms with van der Waals surface area (Å²) in [5.41, 5.74) is 2.81. The van der Waals surface area contributed by atoms with Crippen LogP contribution in [-0.4, -0.2) is 33.3 Å². The molecule has 1 aromatic carbocycles. The normalized spacial score (nSPS) is 16.1. The molecule has 1 atom stereocenters. The van der Waals surface area contributed by atoms with E-state index in [0.29, 0.717) is 6.54 Å². The number of rotatable bonds is 5. The van der Waals surface area contributed by atoms with E-state index in [1.165, 1.54) is 23.3 Å². The van der Waals surface area contributed by atoms with Crippen molar-refractivity contribution in [3.05, 3.63) is 69.5 Å². The van der Waals surface area contributed by atoms with E-state index in [2.05, 4.69) is 23.2 Å². The van der Waals surface area contributed by atoms with E-state index in [9.17, 15) is 14.9 Å². The van der Waals surface area contributed by atoms with Crippen LogP contribution in [0.25, 0.3) is 0 Å². The number of fused-ring (bicyclic) bond motifs is 1. The number of carbonyl (C=O) groups is 1. The standard InChI is InChI=1S/C19H21N3O3/c1-2-11-21(16-8-7-14-5-3-4-6-15(14)12-16)19(23)18-10-9-17(13-20-18)22(24)25/h3-6,9-10,13,16H,2,7-8,11-12H2,1H3/t16-/m0/s1. The van der Waals surface area contributed by atoms with Crippen LogP contribution in [0.2, 0.25) is 0 Å². The van der Waals surface area contributed by atoms with Crippen LogP contribution in [0.15, 0.2) is 42.6 Å². The van der Waals surface area contributed by atoms with Gasteiger partial charge in [0, 0.05) is 18.7 Å². The summed E-state index contributed by atoms with van der Waals surface area (Å²) in [6.45, 7) is 2.70. The highest BCUT2D eigenvalue weighted by Crippen LogP contribution is 2.25. The maximum absolute atomic E-state index is 12.9. The lowest BCUT2D eigenvalue weighted by Gasteiger charge is -2.35. The van der Waals surface area contributed by atoms with Crippen molar-refractivity contribution in [1.82, 2.24) is 9.88 Å². The van der Waals surface area contributed by atoms with Gasteiger partial charge in [0.05, 0.1) is 4.92 Å². The highest BCUT2D eigenvalue weighted by molar-refractivity contribution is 5.92. The van der Waals surface area contributed by atoms with Crippen molar-refractivity contribution in [3.63, 3.8) is 0 Å². The Kier molecular flexibility index (Phi) is 5.07. The van der Waals surface area contributed by atoms with Gasteiger partial charge in [0.1, 0.15) is 11.9 Å². The fourth-order valence-electron chi connectivity index (χ4n) is 3.40. The second-order valence-corrected chi connectivity index (χ2v) is 6.32. The van der Waals surface area contributed by atoms with Crippen LogP contribution in [0.4, 0.5) is 5.69 Å². The third-order valence-electron chi connectivity index (χ3n) is 4.66. The van der Waals surface area contributed by atoms with Gasteiger partial charge in [-0.25, -0.2) is 4.98 Å². The molecule has 0 N–H and O–H groups in total. The number of nitrogens with zero attached hydrogens (tertiary/aromatic N) is 3. The molecule has 1 aliphatic rings. The van der Waals surface area contributed by atoms with Gasteiger partial charge in [-0.2, -0.15) is 0 Å². The Hall–Kier alpha value is -2.76. The number of pyridine rings is 1. The van der Waals surface area contributed by atoms with Crippen LogP contribution in [0.1, 0.15) is 41.4 Å². The largest absolute Gasteiger partial charge is 0.334 e. The van der Waals surface area contributed by atoms with Crippen LogP contribution in [0, 0.1) is 10.1 Å². The molecule has 0 unspecified atom stereocenters. The molecule has 0 radical (unpaired) electrons. The minimum atomic E-state index is -0.511. The van der Waals surface area contributed by atoms with Crippen LogP contribution in [0.5, 0.6) is 0 Å². The predicted octanol–water partition coefficient (Wildman–Crippen LogP) is 3.40. The van der Waals surface area contributed by atoms with Gasteiger partial charge in [0.15, 0.2) is 0 Å². The summed E-state index contributed by atoms with van der Waals surface area (Å²) < 4.78 is 0. The topological polar surface area (TPSA) is 76.3 Å². The molecular formula is C19H21N3O3. The number of hydrogen-bond acceptors (Lipinski definition) is 4. The van der Waals surface area contributed by atoms with Gasteiger partial charge in [0.2, 0.25) is 0 Å². The Bertz CT molecular complexity index is 774. The number of aryl methyl sites for hydroxylation is 1. The molecule has 1 aromatic heterocycles. The molecule has 0 bridgehead atoms. The Morgan fingerprint density at radius 1 is 1.28 bits per heavy atom. The minimum Gasteiger partial charge on any atom is -0.334 e. The average molecular weight is 339 g/mol. The molecule has 1 heterocycles. The SMILES string of the molecule is CCCN(C(=O)c1ccc([N+](=O)[O-])cn1)[C@H]1CCc2ccccc2C1. The predicted molar refractivity (Wildman–Crippen MR) is 94.5 cm³/mol. The molecule has 0 saturated carbocycles. The number of aromatic nitrogens is 1. The Morgan fingerprint density at radius 2 is 2.04 bits per heavy atom. The Morgan fingerprint density at radius 3 is 2.68 bits per heavy atom. The third-order valence-corrected chi connectivity index (χ3v) is 4.66. The highest BCUT2D eigenvalue weighted by Gasteiger charge is 2.28. The summed E-state index contributed by atoms with van der Waals surface area (Å²) in [6, 6.07) is 11.3. The minimum absolute atomic E-state index is 0.106.